The molecule has 7 nitrogen and oxygen atoms in total. The van der Waals surface area contributed by atoms with Crippen molar-refractivity contribution in [2.75, 3.05) is 33.8 Å². The van der Waals surface area contributed by atoms with Crippen LogP contribution >= 0.6 is 0 Å². The summed E-state index contributed by atoms with van der Waals surface area (Å²) in [4.78, 5) is 22.1. The number of aromatic nitrogens is 2. The maximum atomic E-state index is 13.1. The average molecular weight is 413 g/mol. The van der Waals surface area contributed by atoms with Gasteiger partial charge >= 0.3 is 0 Å². The Morgan fingerprint density at radius 1 is 1.30 bits per heavy atom. The molecule has 1 aromatic carbocycles. The summed E-state index contributed by atoms with van der Waals surface area (Å²) in [6.07, 6.45) is 3.03. The number of methoxy groups -OCH3 is 1. The number of piperidine rings is 1. The van der Waals surface area contributed by atoms with E-state index in [0.717, 1.165) is 61.6 Å². The normalized spacial score (nSPS) is 21.5. The molecule has 1 aromatic heterocycles. The summed E-state index contributed by atoms with van der Waals surface area (Å²) < 4.78 is 10.7. The highest BCUT2D eigenvalue weighted by molar-refractivity contribution is 5.95. The number of amides is 1. The van der Waals surface area contributed by atoms with Gasteiger partial charge in [-0.3, -0.25) is 9.69 Å². The molecule has 30 heavy (non-hydrogen) atoms. The molecule has 2 aliphatic rings. The van der Waals surface area contributed by atoms with E-state index in [9.17, 15) is 4.79 Å². The number of carbonyl (C=O) groups excluding carboxylic acids is 1. The Hall–Kier alpha value is -2.41. The van der Waals surface area contributed by atoms with Crippen molar-refractivity contribution in [1.29, 1.82) is 0 Å². The van der Waals surface area contributed by atoms with Crippen LogP contribution in [0.5, 0.6) is 5.75 Å². The van der Waals surface area contributed by atoms with E-state index >= 15 is 0 Å². The van der Waals surface area contributed by atoms with E-state index in [2.05, 4.69) is 35.9 Å². The molecule has 4 rings (SSSR count). The predicted octanol–water partition coefficient (Wildman–Crippen LogP) is 3.81. The third-order valence-corrected chi connectivity index (χ3v) is 6.77. The van der Waals surface area contributed by atoms with Crippen LogP contribution in [0.15, 0.2) is 22.7 Å². The van der Waals surface area contributed by atoms with Crippen LogP contribution in [0.25, 0.3) is 0 Å². The number of hydrogen-bond donors (Lipinski definition) is 0. The van der Waals surface area contributed by atoms with Gasteiger partial charge in [-0.2, -0.15) is 4.98 Å². The van der Waals surface area contributed by atoms with Crippen LogP contribution in [0.2, 0.25) is 0 Å². The minimum Gasteiger partial charge on any atom is -0.497 e. The summed E-state index contributed by atoms with van der Waals surface area (Å²) in [5.74, 6) is 2.64. The summed E-state index contributed by atoms with van der Waals surface area (Å²) in [7, 11) is 3.79. The highest BCUT2D eigenvalue weighted by atomic mass is 16.5. The molecule has 2 saturated heterocycles. The smallest absolute Gasteiger partial charge is 0.254 e. The second kappa shape index (κ2) is 8.02. The van der Waals surface area contributed by atoms with E-state index in [0.29, 0.717) is 5.89 Å². The number of aryl methyl sites for hydroxylation is 1. The molecule has 1 amide bonds. The van der Waals surface area contributed by atoms with Crippen LogP contribution < -0.4 is 4.74 Å². The molecule has 7 heteroatoms. The van der Waals surface area contributed by atoms with Crippen molar-refractivity contribution in [2.45, 2.75) is 52.0 Å². The SMILES string of the molecule is COc1ccc(C(=O)N2CCC3(CC2)CC(c2noc(C(C)C)n2)N(C)C3)c(C)c1. The maximum absolute atomic E-state index is 13.1. The number of benzene rings is 1. The Labute approximate surface area is 178 Å². The first-order chi connectivity index (χ1) is 14.3. The summed E-state index contributed by atoms with van der Waals surface area (Å²) >= 11 is 0. The lowest BCUT2D eigenvalue weighted by atomic mass is 9.76. The minimum absolute atomic E-state index is 0.118. The quantitative estimate of drug-likeness (QED) is 0.760. The summed E-state index contributed by atoms with van der Waals surface area (Å²) in [6, 6.07) is 5.85. The number of nitrogens with zero attached hydrogens (tertiary/aromatic N) is 4. The van der Waals surface area contributed by atoms with Crippen molar-refractivity contribution in [3.63, 3.8) is 0 Å². The first kappa shape index (κ1) is 20.8. The van der Waals surface area contributed by atoms with Gasteiger partial charge in [-0.1, -0.05) is 19.0 Å². The van der Waals surface area contributed by atoms with Gasteiger partial charge in [-0.15, -0.1) is 0 Å². The van der Waals surface area contributed by atoms with Gasteiger partial charge in [-0.05, 0) is 62.4 Å². The van der Waals surface area contributed by atoms with Gasteiger partial charge in [0, 0.05) is 31.1 Å². The standard InChI is InChI=1S/C23H32N4O3/c1-15(2)21-24-20(25-30-21)19-13-23(14-26(19)4)8-10-27(11-9-23)22(28)18-7-6-17(29-5)12-16(18)3/h6-7,12,15,19H,8-11,13-14H2,1-5H3. The highest BCUT2D eigenvalue weighted by Gasteiger charge is 2.46. The largest absolute Gasteiger partial charge is 0.497 e. The van der Waals surface area contributed by atoms with Gasteiger partial charge in [0.15, 0.2) is 5.82 Å². The van der Waals surface area contributed by atoms with Crippen LogP contribution in [0.4, 0.5) is 0 Å². The Balaban J connectivity index is 1.42. The second-order valence-electron chi connectivity index (χ2n) is 9.25. The van der Waals surface area contributed by atoms with Crippen LogP contribution in [-0.2, 0) is 0 Å². The Bertz CT molecular complexity index is 915. The van der Waals surface area contributed by atoms with Crippen LogP contribution in [-0.4, -0.2) is 59.6 Å². The molecule has 2 aromatic rings. The number of ether oxygens (including phenoxy) is 1. The van der Waals surface area contributed by atoms with E-state index in [1.807, 2.05) is 30.0 Å². The lowest BCUT2D eigenvalue weighted by Crippen LogP contribution is -2.44. The number of likely N-dealkylation sites (tertiary alicyclic amines) is 2. The third kappa shape index (κ3) is 3.83. The number of rotatable bonds is 4. The molecule has 0 saturated carbocycles. The zero-order valence-electron chi connectivity index (χ0n) is 18.6. The number of carbonyl (C=O) groups is 1. The summed E-state index contributed by atoms with van der Waals surface area (Å²) in [6.45, 7) is 8.67. The van der Waals surface area contributed by atoms with E-state index in [1.54, 1.807) is 7.11 Å². The molecule has 1 spiro atoms. The van der Waals surface area contributed by atoms with E-state index in [4.69, 9.17) is 9.26 Å². The van der Waals surface area contributed by atoms with Crippen molar-refractivity contribution in [1.82, 2.24) is 19.9 Å². The molecule has 0 bridgehead atoms. The zero-order valence-corrected chi connectivity index (χ0v) is 18.6. The third-order valence-electron chi connectivity index (χ3n) is 6.77. The lowest BCUT2D eigenvalue weighted by molar-refractivity contribution is 0.0592. The average Bonchev–Trinajstić information content (AvgIpc) is 3.33. The summed E-state index contributed by atoms with van der Waals surface area (Å²) in [5.41, 5.74) is 1.93. The molecule has 0 N–H and O–H groups in total. The van der Waals surface area contributed by atoms with Gasteiger partial charge in [0.1, 0.15) is 5.75 Å². The minimum atomic E-state index is 0.118. The van der Waals surface area contributed by atoms with Crippen LogP contribution in [0.1, 0.15) is 72.7 Å². The first-order valence-corrected chi connectivity index (χ1v) is 10.8. The maximum Gasteiger partial charge on any atom is 0.254 e. The predicted molar refractivity (Wildman–Crippen MR) is 114 cm³/mol. The molecule has 3 heterocycles. The molecule has 162 valence electrons. The fourth-order valence-electron chi connectivity index (χ4n) is 4.90. The molecule has 0 aliphatic carbocycles. The Kier molecular flexibility index (Phi) is 5.57. The fraction of sp³-hybridized carbons (Fsp3) is 0.609. The van der Waals surface area contributed by atoms with Crippen molar-refractivity contribution in [2.24, 2.45) is 5.41 Å². The monoisotopic (exact) mass is 412 g/mol. The summed E-state index contributed by atoms with van der Waals surface area (Å²) in [5, 5.41) is 4.25. The molecule has 1 atom stereocenters. The van der Waals surface area contributed by atoms with Gasteiger partial charge in [0.2, 0.25) is 5.89 Å². The van der Waals surface area contributed by atoms with Crippen LogP contribution in [0, 0.1) is 12.3 Å². The highest BCUT2D eigenvalue weighted by Crippen LogP contribution is 2.48. The van der Waals surface area contributed by atoms with E-state index in [-0.39, 0.29) is 23.3 Å². The second-order valence-corrected chi connectivity index (χ2v) is 9.25. The molecule has 2 fully saturated rings. The topological polar surface area (TPSA) is 71.7 Å². The van der Waals surface area contributed by atoms with E-state index < -0.39 is 0 Å². The van der Waals surface area contributed by atoms with Gasteiger partial charge in [-0.25, -0.2) is 0 Å². The molecular formula is C23H32N4O3. The van der Waals surface area contributed by atoms with Crippen molar-refractivity contribution in [3.05, 3.63) is 41.0 Å². The van der Waals surface area contributed by atoms with Gasteiger partial charge in [0.05, 0.1) is 13.2 Å². The number of hydrogen-bond acceptors (Lipinski definition) is 6. The first-order valence-electron chi connectivity index (χ1n) is 10.8. The van der Waals surface area contributed by atoms with Gasteiger partial charge in [0.25, 0.3) is 5.91 Å². The van der Waals surface area contributed by atoms with E-state index in [1.165, 1.54) is 0 Å². The molecular weight excluding hydrogens is 380 g/mol. The lowest BCUT2D eigenvalue weighted by Gasteiger charge is -2.39. The molecule has 0 radical (unpaired) electrons. The molecule has 2 aliphatic heterocycles. The Morgan fingerprint density at radius 3 is 2.63 bits per heavy atom. The van der Waals surface area contributed by atoms with Crippen molar-refractivity contribution >= 4 is 5.91 Å². The Morgan fingerprint density at radius 2 is 2.03 bits per heavy atom. The fourth-order valence-corrected chi connectivity index (χ4v) is 4.90. The zero-order chi connectivity index (χ0) is 21.5. The van der Waals surface area contributed by atoms with Crippen LogP contribution in [0.3, 0.4) is 0 Å². The molecule has 1 unspecified atom stereocenters. The van der Waals surface area contributed by atoms with Gasteiger partial charge < -0.3 is 14.2 Å². The van der Waals surface area contributed by atoms with Crippen molar-refractivity contribution in [3.8, 4) is 5.75 Å². The van der Waals surface area contributed by atoms with Crippen molar-refractivity contribution < 1.29 is 14.1 Å².